The fraction of sp³-hybridized carbons (Fsp3) is 0.625. The van der Waals surface area contributed by atoms with Gasteiger partial charge in [-0.15, -0.1) is 0 Å². The van der Waals surface area contributed by atoms with Crippen LogP contribution in [0.1, 0.15) is 39.2 Å². The summed E-state index contributed by atoms with van der Waals surface area (Å²) in [5.74, 6) is 1.10. The summed E-state index contributed by atoms with van der Waals surface area (Å²) < 4.78 is 5.52. The highest BCUT2D eigenvalue weighted by molar-refractivity contribution is 5.39. The summed E-state index contributed by atoms with van der Waals surface area (Å²) in [6.07, 6.45) is 2.21. The van der Waals surface area contributed by atoms with Crippen molar-refractivity contribution >= 4 is 0 Å². The Balaban J connectivity index is 1.97. The van der Waals surface area contributed by atoms with E-state index in [-0.39, 0.29) is 0 Å². The van der Waals surface area contributed by atoms with Crippen molar-refractivity contribution < 1.29 is 9.84 Å². The highest BCUT2D eigenvalue weighted by atomic mass is 16.5. The standard InChI is InChI=1S/C16H25NO2/c1-4-9-19-14-6-5-13(15(18)10-14)11-17-8-7-16(2,3)12-17/h5-6,10,18H,4,7-9,11-12H2,1-3H3. The summed E-state index contributed by atoms with van der Waals surface area (Å²) in [7, 11) is 0. The average Bonchev–Trinajstić information content (AvgIpc) is 2.69. The molecule has 1 N–H and O–H groups in total. The lowest BCUT2D eigenvalue weighted by molar-refractivity contribution is 0.279. The number of likely N-dealkylation sites (tertiary alicyclic amines) is 1. The van der Waals surface area contributed by atoms with Gasteiger partial charge < -0.3 is 9.84 Å². The molecule has 1 aliphatic rings. The Hall–Kier alpha value is -1.22. The quantitative estimate of drug-likeness (QED) is 0.883. The maximum atomic E-state index is 10.1. The zero-order valence-electron chi connectivity index (χ0n) is 12.3. The van der Waals surface area contributed by atoms with E-state index in [1.807, 2.05) is 12.1 Å². The van der Waals surface area contributed by atoms with Crippen LogP contribution in [-0.2, 0) is 6.54 Å². The number of hydrogen-bond acceptors (Lipinski definition) is 3. The van der Waals surface area contributed by atoms with Crippen LogP contribution >= 0.6 is 0 Å². The Morgan fingerprint density at radius 1 is 1.37 bits per heavy atom. The predicted molar refractivity (Wildman–Crippen MR) is 77.6 cm³/mol. The molecule has 1 aliphatic heterocycles. The molecular formula is C16H25NO2. The molecular weight excluding hydrogens is 238 g/mol. The summed E-state index contributed by atoms with van der Waals surface area (Å²) in [6, 6.07) is 5.66. The van der Waals surface area contributed by atoms with Gasteiger partial charge in [0.15, 0.2) is 0 Å². The van der Waals surface area contributed by atoms with Crippen LogP contribution < -0.4 is 4.74 Å². The maximum absolute atomic E-state index is 10.1. The second kappa shape index (κ2) is 5.83. The monoisotopic (exact) mass is 263 g/mol. The van der Waals surface area contributed by atoms with E-state index < -0.39 is 0 Å². The van der Waals surface area contributed by atoms with Crippen LogP contribution in [0.15, 0.2) is 18.2 Å². The molecule has 0 saturated carbocycles. The zero-order valence-corrected chi connectivity index (χ0v) is 12.3. The lowest BCUT2D eigenvalue weighted by Gasteiger charge is -2.20. The first-order chi connectivity index (χ1) is 9.00. The number of phenolic OH excluding ortho intramolecular Hbond substituents is 1. The molecule has 0 bridgehead atoms. The number of nitrogens with zero attached hydrogens (tertiary/aromatic N) is 1. The summed E-state index contributed by atoms with van der Waals surface area (Å²) >= 11 is 0. The van der Waals surface area contributed by atoms with Crippen LogP contribution in [0, 0.1) is 5.41 Å². The molecule has 1 saturated heterocycles. The van der Waals surface area contributed by atoms with Gasteiger partial charge in [-0.2, -0.15) is 0 Å². The number of ether oxygens (including phenoxy) is 1. The van der Waals surface area contributed by atoms with E-state index in [1.54, 1.807) is 6.07 Å². The molecule has 0 amide bonds. The van der Waals surface area contributed by atoms with Crippen molar-refractivity contribution in [2.75, 3.05) is 19.7 Å². The fourth-order valence-electron chi connectivity index (χ4n) is 2.59. The predicted octanol–water partition coefficient (Wildman–Crippen LogP) is 3.41. The van der Waals surface area contributed by atoms with E-state index in [2.05, 4.69) is 25.7 Å². The van der Waals surface area contributed by atoms with Crippen LogP contribution in [0.2, 0.25) is 0 Å². The number of benzene rings is 1. The Labute approximate surface area is 116 Å². The van der Waals surface area contributed by atoms with E-state index in [9.17, 15) is 5.11 Å². The molecule has 3 heteroatoms. The van der Waals surface area contributed by atoms with Gasteiger partial charge in [0.05, 0.1) is 6.61 Å². The summed E-state index contributed by atoms with van der Waals surface area (Å²) in [5, 5.41) is 10.1. The van der Waals surface area contributed by atoms with Crippen LogP contribution in [0.4, 0.5) is 0 Å². The third-order valence-electron chi connectivity index (χ3n) is 3.68. The van der Waals surface area contributed by atoms with E-state index in [0.717, 1.165) is 37.4 Å². The second-order valence-electron chi connectivity index (χ2n) is 6.26. The van der Waals surface area contributed by atoms with Gasteiger partial charge in [0.1, 0.15) is 11.5 Å². The largest absolute Gasteiger partial charge is 0.507 e. The van der Waals surface area contributed by atoms with Crippen molar-refractivity contribution in [3.63, 3.8) is 0 Å². The highest BCUT2D eigenvalue weighted by Crippen LogP contribution is 2.32. The lowest BCUT2D eigenvalue weighted by atomic mass is 9.93. The smallest absolute Gasteiger partial charge is 0.123 e. The van der Waals surface area contributed by atoms with Crippen molar-refractivity contribution in [3.05, 3.63) is 23.8 Å². The molecule has 1 aromatic rings. The van der Waals surface area contributed by atoms with E-state index in [1.165, 1.54) is 6.42 Å². The molecule has 0 aromatic heterocycles. The topological polar surface area (TPSA) is 32.7 Å². The maximum Gasteiger partial charge on any atom is 0.123 e. The summed E-state index contributed by atoms with van der Waals surface area (Å²) in [6.45, 7) is 10.4. The van der Waals surface area contributed by atoms with Gasteiger partial charge in [0, 0.05) is 24.7 Å². The molecule has 1 fully saturated rings. The van der Waals surface area contributed by atoms with Crippen LogP contribution in [0.25, 0.3) is 0 Å². The third kappa shape index (κ3) is 3.87. The minimum atomic E-state index is 0.346. The first-order valence-electron chi connectivity index (χ1n) is 7.17. The Kier molecular flexibility index (Phi) is 4.35. The van der Waals surface area contributed by atoms with Gasteiger partial charge >= 0.3 is 0 Å². The minimum absolute atomic E-state index is 0.346. The van der Waals surface area contributed by atoms with Gasteiger partial charge in [0.2, 0.25) is 0 Å². The molecule has 0 unspecified atom stereocenters. The molecule has 0 atom stereocenters. The molecule has 19 heavy (non-hydrogen) atoms. The Morgan fingerprint density at radius 2 is 2.16 bits per heavy atom. The molecule has 2 rings (SSSR count). The van der Waals surface area contributed by atoms with Gasteiger partial charge in [-0.1, -0.05) is 26.8 Å². The van der Waals surface area contributed by atoms with Gasteiger partial charge in [-0.05, 0) is 30.9 Å². The SMILES string of the molecule is CCCOc1ccc(CN2CCC(C)(C)C2)c(O)c1. The molecule has 1 aromatic carbocycles. The number of rotatable bonds is 5. The van der Waals surface area contributed by atoms with Gasteiger partial charge in [-0.3, -0.25) is 4.90 Å². The van der Waals surface area contributed by atoms with Crippen LogP contribution in [0.3, 0.4) is 0 Å². The Bertz CT molecular complexity index is 429. The van der Waals surface area contributed by atoms with E-state index >= 15 is 0 Å². The molecule has 0 radical (unpaired) electrons. The van der Waals surface area contributed by atoms with Crippen molar-refractivity contribution in [3.8, 4) is 11.5 Å². The molecule has 3 nitrogen and oxygen atoms in total. The Morgan fingerprint density at radius 3 is 2.74 bits per heavy atom. The minimum Gasteiger partial charge on any atom is -0.507 e. The molecule has 0 aliphatic carbocycles. The normalized spacial score (nSPS) is 18.7. The molecule has 0 spiro atoms. The number of aromatic hydroxyl groups is 1. The molecule has 1 heterocycles. The third-order valence-corrected chi connectivity index (χ3v) is 3.68. The zero-order chi connectivity index (χ0) is 13.9. The number of phenols is 1. The first-order valence-corrected chi connectivity index (χ1v) is 7.17. The van der Waals surface area contributed by atoms with Crippen molar-refractivity contribution in [1.82, 2.24) is 4.90 Å². The first kappa shape index (κ1) is 14.2. The number of hydrogen-bond donors (Lipinski definition) is 1. The van der Waals surface area contributed by atoms with E-state index in [4.69, 9.17) is 4.74 Å². The van der Waals surface area contributed by atoms with Gasteiger partial charge in [0.25, 0.3) is 0 Å². The van der Waals surface area contributed by atoms with Crippen LogP contribution in [-0.4, -0.2) is 29.7 Å². The second-order valence-corrected chi connectivity index (χ2v) is 6.26. The van der Waals surface area contributed by atoms with Crippen molar-refractivity contribution in [2.24, 2.45) is 5.41 Å². The fourth-order valence-corrected chi connectivity index (χ4v) is 2.59. The van der Waals surface area contributed by atoms with Crippen molar-refractivity contribution in [1.29, 1.82) is 0 Å². The summed E-state index contributed by atoms with van der Waals surface area (Å²) in [4.78, 5) is 2.40. The lowest BCUT2D eigenvalue weighted by Crippen LogP contribution is -2.22. The van der Waals surface area contributed by atoms with E-state index in [0.29, 0.717) is 17.8 Å². The highest BCUT2D eigenvalue weighted by Gasteiger charge is 2.29. The van der Waals surface area contributed by atoms with Gasteiger partial charge in [-0.25, -0.2) is 0 Å². The summed E-state index contributed by atoms with van der Waals surface area (Å²) in [5.41, 5.74) is 1.39. The van der Waals surface area contributed by atoms with Crippen molar-refractivity contribution in [2.45, 2.75) is 40.2 Å². The van der Waals surface area contributed by atoms with Crippen LogP contribution in [0.5, 0.6) is 11.5 Å². The molecule has 106 valence electrons. The average molecular weight is 263 g/mol.